The zero-order valence-corrected chi connectivity index (χ0v) is 11.0. The van der Waals surface area contributed by atoms with Crippen molar-refractivity contribution < 1.29 is 14.2 Å². The van der Waals surface area contributed by atoms with Gasteiger partial charge in [-0.1, -0.05) is 23.2 Å². The predicted octanol–water partition coefficient (Wildman–Crippen LogP) is 2.31. The van der Waals surface area contributed by atoms with Crippen LogP contribution < -0.4 is 4.74 Å². The molecule has 0 radical (unpaired) electrons. The molecular weight excluding hydrogens is 267 g/mol. The Morgan fingerprint density at radius 2 is 2.24 bits per heavy atom. The summed E-state index contributed by atoms with van der Waals surface area (Å²) in [7, 11) is 0. The molecule has 0 bridgehead atoms. The van der Waals surface area contributed by atoms with E-state index in [-0.39, 0.29) is 16.4 Å². The highest BCUT2D eigenvalue weighted by Crippen LogP contribution is 2.26. The van der Waals surface area contributed by atoms with Crippen molar-refractivity contribution in [3.8, 4) is 5.75 Å². The van der Waals surface area contributed by atoms with Crippen LogP contribution >= 0.6 is 23.2 Å². The molecule has 1 aliphatic rings. The molecule has 7 heteroatoms. The standard InChI is InChI=1S/C10H12Cl2N2O3/c1-10(2)16-5-6(17-10)4-15-7-3-8(11)13-14-9(7)12/h3,6H,4-5H2,1-2H3/t6-/m1/s1. The minimum Gasteiger partial charge on any atom is -0.487 e. The number of hydrogen-bond donors (Lipinski definition) is 0. The average Bonchev–Trinajstić information content (AvgIpc) is 2.60. The lowest BCUT2D eigenvalue weighted by Gasteiger charge is -2.17. The summed E-state index contributed by atoms with van der Waals surface area (Å²) in [5, 5.41) is 7.63. The van der Waals surface area contributed by atoms with Crippen molar-refractivity contribution in [1.82, 2.24) is 10.2 Å². The smallest absolute Gasteiger partial charge is 0.193 e. The number of aromatic nitrogens is 2. The highest BCUT2D eigenvalue weighted by molar-refractivity contribution is 6.32. The minimum atomic E-state index is -0.564. The predicted molar refractivity (Wildman–Crippen MR) is 62.5 cm³/mol. The topological polar surface area (TPSA) is 53.5 Å². The maximum Gasteiger partial charge on any atom is 0.193 e. The van der Waals surface area contributed by atoms with Gasteiger partial charge in [0, 0.05) is 6.07 Å². The molecule has 1 atom stereocenters. The van der Waals surface area contributed by atoms with Crippen molar-refractivity contribution in [3.05, 3.63) is 16.4 Å². The molecular formula is C10H12Cl2N2O3. The van der Waals surface area contributed by atoms with Gasteiger partial charge in [-0.15, -0.1) is 10.2 Å². The van der Waals surface area contributed by atoms with Crippen LogP contribution in [0, 0.1) is 0 Å². The maximum absolute atomic E-state index is 5.81. The third kappa shape index (κ3) is 3.42. The molecule has 0 amide bonds. The average molecular weight is 279 g/mol. The zero-order chi connectivity index (χ0) is 12.5. The molecule has 5 nitrogen and oxygen atoms in total. The van der Waals surface area contributed by atoms with E-state index in [9.17, 15) is 0 Å². The molecule has 0 unspecified atom stereocenters. The quantitative estimate of drug-likeness (QED) is 0.849. The number of ether oxygens (including phenoxy) is 3. The van der Waals surface area contributed by atoms with Crippen molar-refractivity contribution in [2.45, 2.75) is 25.7 Å². The molecule has 1 fully saturated rings. The van der Waals surface area contributed by atoms with Crippen LogP contribution in [-0.4, -0.2) is 35.3 Å². The van der Waals surface area contributed by atoms with E-state index in [0.29, 0.717) is 19.0 Å². The second-order valence-electron chi connectivity index (χ2n) is 4.08. The van der Waals surface area contributed by atoms with Crippen LogP contribution in [0.15, 0.2) is 6.07 Å². The van der Waals surface area contributed by atoms with Gasteiger partial charge >= 0.3 is 0 Å². The van der Waals surface area contributed by atoms with Gasteiger partial charge in [-0.05, 0) is 13.8 Å². The summed E-state index contributed by atoms with van der Waals surface area (Å²) < 4.78 is 16.5. The molecule has 1 aliphatic heterocycles. The number of hydrogen-bond acceptors (Lipinski definition) is 5. The summed E-state index contributed by atoms with van der Waals surface area (Å²) in [5.41, 5.74) is 0. The van der Waals surface area contributed by atoms with Crippen molar-refractivity contribution in [1.29, 1.82) is 0 Å². The third-order valence-corrected chi connectivity index (χ3v) is 2.63. The van der Waals surface area contributed by atoms with E-state index in [0.717, 1.165) is 0 Å². The molecule has 17 heavy (non-hydrogen) atoms. The molecule has 1 aromatic rings. The second-order valence-corrected chi connectivity index (χ2v) is 4.83. The Morgan fingerprint density at radius 1 is 1.47 bits per heavy atom. The third-order valence-electron chi connectivity index (χ3n) is 2.18. The summed E-state index contributed by atoms with van der Waals surface area (Å²) >= 11 is 11.5. The molecule has 2 heterocycles. The fraction of sp³-hybridized carbons (Fsp3) is 0.600. The van der Waals surface area contributed by atoms with Gasteiger partial charge in [0.05, 0.1) is 6.61 Å². The molecule has 0 N–H and O–H groups in total. The van der Waals surface area contributed by atoms with E-state index < -0.39 is 5.79 Å². The fourth-order valence-electron chi connectivity index (χ4n) is 1.47. The van der Waals surface area contributed by atoms with Crippen molar-refractivity contribution in [3.63, 3.8) is 0 Å². The molecule has 1 saturated heterocycles. The normalized spacial score (nSPS) is 22.7. The van der Waals surface area contributed by atoms with Crippen LogP contribution in [-0.2, 0) is 9.47 Å². The van der Waals surface area contributed by atoms with Crippen LogP contribution in [0.1, 0.15) is 13.8 Å². The van der Waals surface area contributed by atoms with Crippen molar-refractivity contribution in [2.24, 2.45) is 0 Å². The Labute approximate surface area is 109 Å². The Kier molecular flexibility index (Phi) is 3.73. The van der Waals surface area contributed by atoms with Gasteiger partial charge in [-0.2, -0.15) is 0 Å². The van der Waals surface area contributed by atoms with Crippen molar-refractivity contribution in [2.75, 3.05) is 13.2 Å². The summed E-state index contributed by atoms with van der Waals surface area (Å²) in [6.07, 6.45) is -0.131. The molecule has 2 rings (SSSR count). The van der Waals surface area contributed by atoms with Crippen LogP contribution in [0.4, 0.5) is 0 Å². The fourth-order valence-corrected chi connectivity index (χ4v) is 1.75. The van der Waals surface area contributed by atoms with E-state index in [2.05, 4.69) is 10.2 Å². The number of rotatable bonds is 3. The molecule has 0 spiro atoms. The van der Waals surface area contributed by atoms with Crippen LogP contribution in [0.25, 0.3) is 0 Å². The first-order chi connectivity index (χ1) is 7.96. The molecule has 0 aromatic carbocycles. The SMILES string of the molecule is CC1(C)OC[C@@H](COc2cc(Cl)nnc2Cl)O1. The van der Waals surface area contributed by atoms with Crippen LogP contribution in [0.2, 0.25) is 10.3 Å². The first kappa shape index (κ1) is 12.8. The maximum atomic E-state index is 5.81. The Bertz CT molecular complexity index is 415. The first-order valence-electron chi connectivity index (χ1n) is 5.09. The van der Waals surface area contributed by atoms with Gasteiger partial charge in [0.25, 0.3) is 0 Å². The lowest BCUT2D eigenvalue weighted by molar-refractivity contribution is -0.141. The van der Waals surface area contributed by atoms with Gasteiger partial charge in [-0.25, -0.2) is 0 Å². The lowest BCUT2D eigenvalue weighted by atomic mass is 10.4. The molecule has 1 aromatic heterocycles. The van der Waals surface area contributed by atoms with Gasteiger partial charge in [-0.3, -0.25) is 0 Å². The monoisotopic (exact) mass is 278 g/mol. The van der Waals surface area contributed by atoms with E-state index in [1.807, 2.05) is 13.8 Å². The number of nitrogens with zero attached hydrogens (tertiary/aromatic N) is 2. The summed E-state index contributed by atoms with van der Waals surface area (Å²) in [6, 6.07) is 1.51. The minimum absolute atomic E-state index is 0.131. The van der Waals surface area contributed by atoms with E-state index in [1.54, 1.807) is 0 Å². The summed E-state index contributed by atoms with van der Waals surface area (Å²) in [6.45, 7) is 4.51. The van der Waals surface area contributed by atoms with Crippen LogP contribution in [0.3, 0.4) is 0 Å². The summed E-state index contributed by atoms with van der Waals surface area (Å²) in [4.78, 5) is 0. The molecule has 94 valence electrons. The molecule has 0 aliphatic carbocycles. The van der Waals surface area contributed by atoms with E-state index in [1.165, 1.54) is 6.07 Å². The van der Waals surface area contributed by atoms with Gasteiger partial charge in [0.15, 0.2) is 21.8 Å². The first-order valence-corrected chi connectivity index (χ1v) is 5.85. The largest absolute Gasteiger partial charge is 0.487 e. The zero-order valence-electron chi connectivity index (χ0n) is 9.44. The van der Waals surface area contributed by atoms with Gasteiger partial charge in [0.2, 0.25) is 0 Å². The Balaban J connectivity index is 1.92. The number of halogens is 2. The summed E-state index contributed by atoms with van der Waals surface area (Å²) in [5.74, 6) is -0.175. The second kappa shape index (κ2) is 4.94. The van der Waals surface area contributed by atoms with Crippen molar-refractivity contribution >= 4 is 23.2 Å². The van der Waals surface area contributed by atoms with Gasteiger partial charge < -0.3 is 14.2 Å². The highest BCUT2D eigenvalue weighted by Gasteiger charge is 2.33. The van der Waals surface area contributed by atoms with E-state index >= 15 is 0 Å². The Hall–Kier alpha value is -0.620. The highest BCUT2D eigenvalue weighted by atomic mass is 35.5. The molecule has 0 saturated carbocycles. The lowest BCUT2D eigenvalue weighted by Crippen LogP contribution is -2.25. The van der Waals surface area contributed by atoms with Gasteiger partial charge in [0.1, 0.15) is 12.7 Å². The Morgan fingerprint density at radius 3 is 2.88 bits per heavy atom. The van der Waals surface area contributed by atoms with E-state index in [4.69, 9.17) is 37.4 Å². The van der Waals surface area contributed by atoms with Crippen LogP contribution in [0.5, 0.6) is 5.75 Å².